The lowest BCUT2D eigenvalue weighted by atomic mass is 10.1. The first-order valence-corrected chi connectivity index (χ1v) is 5.54. The van der Waals surface area contributed by atoms with Crippen LogP contribution in [0.3, 0.4) is 0 Å². The summed E-state index contributed by atoms with van der Waals surface area (Å²) in [5.74, 6) is -1.78. The van der Waals surface area contributed by atoms with Gasteiger partial charge in [0.25, 0.3) is 0 Å². The quantitative estimate of drug-likeness (QED) is 0.798. The maximum Gasteiger partial charge on any atom is 0.343 e. The number of carbonyl (C=O) groups is 2. The maximum absolute atomic E-state index is 13.7. The summed E-state index contributed by atoms with van der Waals surface area (Å²) < 4.78 is 15.2. The van der Waals surface area contributed by atoms with Crippen LogP contribution in [0.1, 0.15) is 12.8 Å². The fourth-order valence-electron chi connectivity index (χ4n) is 1.88. The number of hydrogen-bond donors (Lipinski definition) is 1. The average Bonchev–Trinajstić information content (AvgIpc) is 2.95. The van der Waals surface area contributed by atoms with Crippen molar-refractivity contribution in [3.63, 3.8) is 0 Å². The zero-order chi connectivity index (χ0) is 13.2. The highest BCUT2D eigenvalue weighted by Gasteiger charge is 2.46. The Kier molecular flexibility index (Phi) is 3.26. The van der Waals surface area contributed by atoms with Crippen LogP contribution in [-0.4, -0.2) is 55.4 Å². The number of aromatic nitrogens is 3. The Hall–Kier alpha value is -1.99. The zero-order valence-electron chi connectivity index (χ0n) is 9.62. The van der Waals surface area contributed by atoms with Crippen LogP contribution < -0.4 is 0 Å². The Morgan fingerprint density at radius 2 is 2.28 bits per heavy atom. The molecule has 0 radical (unpaired) electrons. The average molecular weight is 256 g/mol. The lowest BCUT2D eigenvalue weighted by molar-refractivity contribution is -0.150. The van der Waals surface area contributed by atoms with Crippen LogP contribution >= 0.6 is 0 Å². The first-order chi connectivity index (χ1) is 8.51. The molecule has 8 heteroatoms. The van der Waals surface area contributed by atoms with E-state index in [0.717, 1.165) is 0 Å². The van der Waals surface area contributed by atoms with Crippen LogP contribution in [-0.2, 0) is 16.1 Å². The summed E-state index contributed by atoms with van der Waals surface area (Å²) in [6, 6.07) is 0. The molecule has 1 aliphatic rings. The molecule has 0 aromatic carbocycles. The third-order valence-corrected chi connectivity index (χ3v) is 2.98. The zero-order valence-corrected chi connectivity index (χ0v) is 9.62. The van der Waals surface area contributed by atoms with Crippen molar-refractivity contribution in [1.82, 2.24) is 19.7 Å². The molecule has 1 amide bonds. The number of aryl methyl sites for hydroxylation is 1. The molecule has 1 unspecified atom stereocenters. The van der Waals surface area contributed by atoms with Crippen LogP contribution in [0.25, 0.3) is 0 Å². The minimum atomic E-state index is -2.30. The number of hydrogen-bond acceptors (Lipinski definition) is 4. The van der Waals surface area contributed by atoms with Crippen LogP contribution in [0.4, 0.5) is 4.39 Å². The monoisotopic (exact) mass is 256 g/mol. The molecule has 18 heavy (non-hydrogen) atoms. The smallest absolute Gasteiger partial charge is 0.343 e. The van der Waals surface area contributed by atoms with E-state index in [4.69, 9.17) is 5.11 Å². The first-order valence-electron chi connectivity index (χ1n) is 5.54. The number of carbonyl (C=O) groups excluding carboxylic acids is 1. The lowest BCUT2D eigenvalue weighted by Crippen LogP contribution is -2.39. The summed E-state index contributed by atoms with van der Waals surface area (Å²) in [5.41, 5.74) is -2.30. The number of alkyl halides is 1. The van der Waals surface area contributed by atoms with Gasteiger partial charge in [-0.25, -0.2) is 14.2 Å². The summed E-state index contributed by atoms with van der Waals surface area (Å²) in [6.07, 6.45) is 2.84. The first kappa shape index (κ1) is 12.5. The SMILES string of the molecule is O=C(CCn1cncn1)N1CCC(F)(C(=O)O)C1. The summed E-state index contributed by atoms with van der Waals surface area (Å²) in [5, 5.41) is 12.6. The molecule has 2 rings (SSSR count). The van der Waals surface area contributed by atoms with E-state index in [0.29, 0.717) is 6.54 Å². The number of likely N-dealkylation sites (tertiary alicyclic amines) is 1. The van der Waals surface area contributed by atoms with Crippen LogP contribution in [0.5, 0.6) is 0 Å². The van der Waals surface area contributed by atoms with Gasteiger partial charge < -0.3 is 10.0 Å². The summed E-state index contributed by atoms with van der Waals surface area (Å²) in [4.78, 5) is 27.4. The van der Waals surface area contributed by atoms with Crippen molar-refractivity contribution in [2.45, 2.75) is 25.1 Å². The van der Waals surface area contributed by atoms with Crippen molar-refractivity contribution in [3.8, 4) is 0 Å². The van der Waals surface area contributed by atoms with E-state index in [2.05, 4.69) is 10.1 Å². The molecule has 7 nitrogen and oxygen atoms in total. The molecule has 1 N–H and O–H groups in total. The van der Waals surface area contributed by atoms with Crippen molar-refractivity contribution in [3.05, 3.63) is 12.7 Å². The van der Waals surface area contributed by atoms with Crippen LogP contribution in [0, 0.1) is 0 Å². The minimum absolute atomic E-state index is 0.138. The Morgan fingerprint density at radius 1 is 1.50 bits per heavy atom. The molecule has 1 fully saturated rings. The van der Waals surface area contributed by atoms with Gasteiger partial charge in [0.1, 0.15) is 12.7 Å². The van der Waals surface area contributed by atoms with Crippen molar-refractivity contribution < 1.29 is 19.1 Å². The van der Waals surface area contributed by atoms with Gasteiger partial charge >= 0.3 is 5.97 Å². The fraction of sp³-hybridized carbons (Fsp3) is 0.600. The summed E-state index contributed by atoms with van der Waals surface area (Å²) >= 11 is 0. The molecule has 98 valence electrons. The van der Waals surface area contributed by atoms with Crippen LogP contribution in [0.15, 0.2) is 12.7 Å². The third-order valence-electron chi connectivity index (χ3n) is 2.98. The third kappa shape index (κ3) is 2.47. The summed E-state index contributed by atoms with van der Waals surface area (Å²) in [6.45, 7) is 0.110. The molecule has 1 aliphatic heterocycles. The van der Waals surface area contributed by atoms with Gasteiger partial charge in [-0.2, -0.15) is 5.10 Å². The van der Waals surface area contributed by atoms with Gasteiger partial charge in [-0.05, 0) is 0 Å². The van der Waals surface area contributed by atoms with E-state index >= 15 is 0 Å². The molecule has 0 saturated carbocycles. The number of amides is 1. The molecule has 1 atom stereocenters. The number of carboxylic acid groups (broad SMARTS) is 1. The highest BCUT2D eigenvalue weighted by molar-refractivity contribution is 5.82. The summed E-state index contributed by atoms with van der Waals surface area (Å²) in [7, 11) is 0. The number of halogens is 1. The van der Waals surface area contributed by atoms with Gasteiger partial charge in [0, 0.05) is 19.4 Å². The number of rotatable bonds is 4. The predicted molar refractivity (Wildman–Crippen MR) is 57.3 cm³/mol. The number of aliphatic carboxylic acids is 1. The molecule has 1 saturated heterocycles. The molecule has 0 bridgehead atoms. The second-order valence-electron chi connectivity index (χ2n) is 4.24. The Morgan fingerprint density at radius 3 is 2.83 bits per heavy atom. The van der Waals surface area contributed by atoms with Crippen molar-refractivity contribution >= 4 is 11.9 Å². The largest absolute Gasteiger partial charge is 0.479 e. The van der Waals surface area contributed by atoms with Crippen molar-refractivity contribution in [2.24, 2.45) is 0 Å². The van der Waals surface area contributed by atoms with Gasteiger partial charge in [-0.3, -0.25) is 9.48 Å². The van der Waals surface area contributed by atoms with E-state index in [9.17, 15) is 14.0 Å². The Bertz CT molecular complexity index is 450. The van der Waals surface area contributed by atoms with E-state index in [1.54, 1.807) is 0 Å². The lowest BCUT2D eigenvalue weighted by Gasteiger charge is -2.17. The molecule has 1 aromatic rings. The van der Waals surface area contributed by atoms with E-state index < -0.39 is 11.6 Å². The highest BCUT2D eigenvalue weighted by atomic mass is 19.1. The van der Waals surface area contributed by atoms with Crippen LogP contribution in [0.2, 0.25) is 0 Å². The molecule has 0 spiro atoms. The maximum atomic E-state index is 13.7. The van der Waals surface area contributed by atoms with Gasteiger partial charge in [0.05, 0.1) is 13.1 Å². The van der Waals surface area contributed by atoms with Crippen molar-refractivity contribution in [2.75, 3.05) is 13.1 Å². The number of nitrogens with zero attached hydrogens (tertiary/aromatic N) is 4. The Balaban J connectivity index is 1.86. The van der Waals surface area contributed by atoms with Gasteiger partial charge in [-0.15, -0.1) is 0 Å². The molecule has 0 aliphatic carbocycles. The van der Waals surface area contributed by atoms with Gasteiger partial charge in [0.2, 0.25) is 11.6 Å². The van der Waals surface area contributed by atoms with Gasteiger partial charge in [-0.1, -0.05) is 0 Å². The normalized spacial score (nSPS) is 23.3. The fourth-order valence-corrected chi connectivity index (χ4v) is 1.88. The topological polar surface area (TPSA) is 88.3 Å². The standard InChI is InChI=1S/C10H13FN4O3/c11-10(9(17)18)2-4-14(5-10)8(16)1-3-15-7-12-6-13-15/h6-7H,1-5H2,(H,17,18). The molecule has 2 heterocycles. The van der Waals surface area contributed by atoms with Crippen molar-refractivity contribution in [1.29, 1.82) is 0 Å². The molecule has 1 aromatic heterocycles. The number of carboxylic acids is 1. The molecular formula is C10H13FN4O3. The highest BCUT2D eigenvalue weighted by Crippen LogP contribution is 2.26. The van der Waals surface area contributed by atoms with Gasteiger partial charge in [0.15, 0.2) is 0 Å². The van der Waals surface area contributed by atoms with E-state index in [1.807, 2.05) is 0 Å². The second-order valence-corrected chi connectivity index (χ2v) is 4.24. The Labute approximate surface area is 102 Å². The molecular weight excluding hydrogens is 243 g/mol. The van der Waals surface area contributed by atoms with E-state index in [-0.39, 0.29) is 31.8 Å². The van der Waals surface area contributed by atoms with E-state index in [1.165, 1.54) is 22.2 Å². The second kappa shape index (κ2) is 4.71. The predicted octanol–water partition coefficient (Wildman–Crippen LogP) is -0.307. The minimum Gasteiger partial charge on any atom is -0.479 e.